The van der Waals surface area contributed by atoms with E-state index in [0.717, 1.165) is 18.4 Å². The van der Waals surface area contributed by atoms with E-state index < -0.39 is 11.9 Å². The molecule has 1 aromatic carbocycles. The number of hydrogen-bond acceptors (Lipinski definition) is 3. The Hall–Kier alpha value is -1.65. The SMILES string of the molecule is CCOC(=O)C(F)(F)c1ccc2c(c1)OCCC2. The number of alkyl halides is 2. The van der Waals surface area contributed by atoms with Gasteiger partial charge < -0.3 is 9.47 Å². The lowest BCUT2D eigenvalue weighted by Gasteiger charge is -2.20. The molecule has 1 aromatic rings. The van der Waals surface area contributed by atoms with Crippen LogP contribution in [-0.2, 0) is 21.9 Å². The van der Waals surface area contributed by atoms with Crippen LogP contribution in [0, 0.1) is 0 Å². The molecule has 0 spiro atoms. The molecule has 3 nitrogen and oxygen atoms in total. The maximum Gasteiger partial charge on any atom is 0.381 e. The highest BCUT2D eigenvalue weighted by Crippen LogP contribution is 2.34. The van der Waals surface area contributed by atoms with Crippen LogP contribution in [0.2, 0.25) is 0 Å². The molecule has 0 saturated heterocycles. The summed E-state index contributed by atoms with van der Waals surface area (Å²) in [5, 5.41) is 0. The number of ether oxygens (including phenoxy) is 2. The molecule has 18 heavy (non-hydrogen) atoms. The van der Waals surface area contributed by atoms with Crippen molar-refractivity contribution in [1.29, 1.82) is 0 Å². The van der Waals surface area contributed by atoms with Crippen LogP contribution in [0.4, 0.5) is 8.78 Å². The Labute approximate surface area is 104 Å². The molecule has 0 fully saturated rings. The normalized spacial score (nSPS) is 14.6. The summed E-state index contributed by atoms with van der Waals surface area (Å²) in [6.45, 7) is 1.93. The van der Waals surface area contributed by atoms with Gasteiger partial charge in [0, 0.05) is 5.56 Å². The highest BCUT2D eigenvalue weighted by molar-refractivity contribution is 5.79. The van der Waals surface area contributed by atoms with Gasteiger partial charge in [0.05, 0.1) is 13.2 Å². The van der Waals surface area contributed by atoms with Gasteiger partial charge in [0.25, 0.3) is 0 Å². The molecule has 1 aliphatic heterocycles. The van der Waals surface area contributed by atoms with Crippen molar-refractivity contribution in [3.63, 3.8) is 0 Å². The molecule has 0 radical (unpaired) electrons. The molecule has 0 N–H and O–H groups in total. The molecule has 0 unspecified atom stereocenters. The number of benzene rings is 1. The van der Waals surface area contributed by atoms with Gasteiger partial charge in [0.15, 0.2) is 0 Å². The zero-order valence-electron chi connectivity index (χ0n) is 10.0. The van der Waals surface area contributed by atoms with Gasteiger partial charge in [-0.2, -0.15) is 8.78 Å². The Kier molecular flexibility index (Phi) is 3.50. The first-order valence-corrected chi connectivity index (χ1v) is 5.87. The minimum absolute atomic E-state index is 0.0735. The van der Waals surface area contributed by atoms with Crippen LogP contribution >= 0.6 is 0 Å². The minimum atomic E-state index is -3.63. The first-order valence-electron chi connectivity index (χ1n) is 5.87. The van der Waals surface area contributed by atoms with Crippen molar-refractivity contribution in [2.45, 2.75) is 25.7 Å². The van der Waals surface area contributed by atoms with Crippen LogP contribution < -0.4 is 4.74 Å². The summed E-state index contributed by atoms with van der Waals surface area (Å²) in [5.74, 6) is -4.73. The van der Waals surface area contributed by atoms with Gasteiger partial charge in [0.2, 0.25) is 0 Å². The highest BCUT2D eigenvalue weighted by atomic mass is 19.3. The predicted octanol–water partition coefficient (Wildman–Crippen LogP) is 2.67. The zero-order valence-corrected chi connectivity index (χ0v) is 10.0. The van der Waals surface area contributed by atoms with Crippen molar-refractivity contribution >= 4 is 5.97 Å². The van der Waals surface area contributed by atoms with Crippen molar-refractivity contribution in [3.8, 4) is 5.75 Å². The van der Waals surface area contributed by atoms with E-state index in [9.17, 15) is 13.6 Å². The Balaban J connectivity index is 2.30. The summed E-state index contributed by atoms with van der Waals surface area (Å²) < 4.78 is 37.2. The van der Waals surface area contributed by atoms with Gasteiger partial charge in [-0.3, -0.25) is 0 Å². The average Bonchev–Trinajstić information content (AvgIpc) is 2.38. The number of halogens is 2. The Morgan fingerprint density at radius 1 is 1.50 bits per heavy atom. The second-order valence-corrected chi connectivity index (χ2v) is 4.07. The summed E-state index contributed by atoms with van der Waals surface area (Å²) in [6, 6.07) is 4.06. The van der Waals surface area contributed by atoms with E-state index in [4.69, 9.17) is 4.74 Å². The quantitative estimate of drug-likeness (QED) is 0.780. The van der Waals surface area contributed by atoms with E-state index >= 15 is 0 Å². The largest absolute Gasteiger partial charge is 0.493 e. The molecule has 0 aromatic heterocycles. The van der Waals surface area contributed by atoms with Gasteiger partial charge in [-0.25, -0.2) is 4.79 Å². The topological polar surface area (TPSA) is 35.5 Å². The fourth-order valence-electron chi connectivity index (χ4n) is 1.88. The van der Waals surface area contributed by atoms with Crippen LogP contribution in [0.5, 0.6) is 5.75 Å². The number of fused-ring (bicyclic) bond motifs is 1. The highest BCUT2D eigenvalue weighted by Gasteiger charge is 2.43. The van der Waals surface area contributed by atoms with Gasteiger partial charge >= 0.3 is 11.9 Å². The lowest BCUT2D eigenvalue weighted by Crippen LogP contribution is -2.28. The van der Waals surface area contributed by atoms with Gasteiger partial charge in [-0.05, 0) is 31.4 Å². The van der Waals surface area contributed by atoms with Crippen LogP contribution in [0.25, 0.3) is 0 Å². The average molecular weight is 256 g/mol. The second kappa shape index (κ2) is 4.92. The number of rotatable bonds is 3. The molecule has 0 aliphatic carbocycles. The molecule has 0 bridgehead atoms. The maximum absolute atomic E-state index is 13.8. The molecule has 2 rings (SSSR count). The van der Waals surface area contributed by atoms with Crippen LogP contribution in [0.15, 0.2) is 18.2 Å². The number of carbonyl (C=O) groups is 1. The summed E-state index contributed by atoms with van der Waals surface area (Å²) in [6.07, 6.45) is 1.68. The first kappa shape index (κ1) is 12.8. The van der Waals surface area contributed by atoms with E-state index in [1.807, 2.05) is 0 Å². The van der Waals surface area contributed by atoms with Gasteiger partial charge in [-0.1, -0.05) is 12.1 Å². The molecule has 5 heteroatoms. The Bertz CT molecular complexity index is 458. The van der Waals surface area contributed by atoms with E-state index in [-0.39, 0.29) is 12.2 Å². The van der Waals surface area contributed by atoms with Gasteiger partial charge in [-0.15, -0.1) is 0 Å². The summed E-state index contributed by atoms with van der Waals surface area (Å²) >= 11 is 0. The third-order valence-corrected chi connectivity index (χ3v) is 2.81. The Morgan fingerprint density at radius 2 is 2.28 bits per heavy atom. The molecular formula is C13H14F2O3. The lowest BCUT2D eigenvalue weighted by atomic mass is 10.0. The van der Waals surface area contributed by atoms with Crippen LogP contribution in [0.3, 0.4) is 0 Å². The van der Waals surface area contributed by atoms with Gasteiger partial charge in [0.1, 0.15) is 5.75 Å². The number of esters is 1. The third kappa shape index (κ3) is 2.30. The number of hydrogen-bond donors (Lipinski definition) is 0. The fraction of sp³-hybridized carbons (Fsp3) is 0.462. The molecular weight excluding hydrogens is 242 g/mol. The monoisotopic (exact) mass is 256 g/mol. The number of carbonyl (C=O) groups excluding carboxylic acids is 1. The van der Waals surface area contributed by atoms with Crippen LogP contribution in [-0.4, -0.2) is 19.2 Å². The summed E-state index contributed by atoms with van der Waals surface area (Å²) in [4.78, 5) is 11.2. The van der Waals surface area contributed by atoms with Crippen molar-refractivity contribution in [1.82, 2.24) is 0 Å². The molecule has 1 heterocycles. The molecule has 0 saturated carbocycles. The molecule has 1 aliphatic rings. The van der Waals surface area contributed by atoms with Crippen molar-refractivity contribution in [2.75, 3.05) is 13.2 Å². The Morgan fingerprint density at radius 3 is 3.00 bits per heavy atom. The zero-order chi connectivity index (χ0) is 13.2. The van der Waals surface area contributed by atoms with Crippen molar-refractivity contribution in [2.24, 2.45) is 0 Å². The third-order valence-electron chi connectivity index (χ3n) is 2.81. The lowest BCUT2D eigenvalue weighted by molar-refractivity contribution is -0.173. The van der Waals surface area contributed by atoms with E-state index in [1.165, 1.54) is 19.1 Å². The smallest absolute Gasteiger partial charge is 0.381 e. The minimum Gasteiger partial charge on any atom is -0.493 e. The second-order valence-electron chi connectivity index (χ2n) is 4.07. The molecule has 0 atom stereocenters. The summed E-state index contributed by atoms with van der Waals surface area (Å²) in [5.41, 5.74) is 0.506. The standard InChI is InChI=1S/C13H14F2O3/c1-2-17-12(16)13(14,15)10-6-5-9-4-3-7-18-11(9)8-10/h5-6,8H,2-4,7H2,1H3. The van der Waals surface area contributed by atoms with E-state index in [0.29, 0.717) is 12.4 Å². The van der Waals surface area contributed by atoms with E-state index in [1.54, 1.807) is 6.07 Å². The fourth-order valence-corrected chi connectivity index (χ4v) is 1.88. The maximum atomic E-state index is 13.8. The summed E-state index contributed by atoms with van der Waals surface area (Å²) in [7, 11) is 0. The molecule has 98 valence electrons. The van der Waals surface area contributed by atoms with Crippen LogP contribution in [0.1, 0.15) is 24.5 Å². The predicted molar refractivity (Wildman–Crippen MR) is 60.8 cm³/mol. The molecule has 0 amide bonds. The van der Waals surface area contributed by atoms with Crippen molar-refractivity contribution in [3.05, 3.63) is 29.3 Å². The van der Waals surface area contributed by atoms with E-state index in [2.05, 4.69) is 4.74 Å². The van der Waals surface area contributed by atoms with Crippen molar-refractivity contribution < 1.29 is 23.0 Å². The number of aryl methyl sites for hydroxylation is 1. The first-order chi connectivity index (χ1) is 8.55.